The fourth-order valence-corrected chi connectivity index (χ4v) is 11.5. The van der Waals surface area contributed by atoms with Crippen molar-refractivity contribution in [3.8, 4) is 33.6 Å². The zero-order chi connectivity index (χ0) is 40.9. The molecule has 7 nitrogen and oxygen atoms in total. The van der Waals surface area contributed by atoms with Crippen LogP contribution in [-0.2, 0) is 11.3 Å². The highest BCUT2D eigenvalue weighted by atomic mass is 32.1. The van der Waals surface area contributed by atoms with Crippen LogP contribution in [0.15, 0.2) is 170 Å². The van der Waals surface area contributed by atoms with Gasteiger partial charge in [-0.05, 0) is 63.5 Å². The third-order valence-corrected chi connectivity index (χ3v) is 14.1. The number of ether oxygens (including phenoxy) is 1. The standard InChI is InChI=1S/C51H32N4O3S3/c56-50(58-29-30-12-2-1-3-13-30)47-45(43-34-16-6-4-14-31(34)22-25-40(43)59-47)46-44-35-17-7-5-15-32(35)23-26-41(44)61-49(46)55-51(57)54-48-42(36-18-8-9-20-39(36)60-48)33-21-24-38(53-28-33)37-19-10-11-27-52-37/h1-28H,29H2,(H2,54,55,57). The number of esters is 1. The van der Waals surface area contributed by atoms with Crippen LogP contribution in [-0.4, -0.2) is 22.0 Å². The number of nitrogens with one attached hydrogen (secondary N) is 2. The second-order valence-electron chi connectivity index (χ2n) is 14.5. The molecule has 5 heterocycles. The third kappa shape index (κ3) is 6.67. The number of amides is 2. The molecule has 0 aliphatic heterocycles. The fraction of sp³-hybridized carbons (Fsp3) is 0.0196. The van der Waals surface area contributed by atoms with Crippen LogP contribution >= 0.6 is 34.0 Å². The maximum atomic E-state index is 14.6. The van der Waals surface area contributed by atoms with Gasteiger partial charge in [0.2, 0.25) is 0 Å². The molecule has 0 unspecified atom stereocenters. The van der Waals surface area contributed by atoms with Gasteiger partial charge in [0.05, 0.1) is 11.4 Å². The lowest BCUT2D eigenvalue weighted by molar-refractivity contribution is 0.0479. The molecule has 0 bridgehead atoms. The molecule has 0 radical (unpaired) electrons. The summed E-state index contributed by atoms with van der Waals surface area (Å²) in [4.78, 5) is 38.7. The van der Waals surface area contributed by atoms with Gasteiger partial charge in [-0.2, -0.15) is 0 Å². The van der Waals surface area contributed by atoms with E-state index in [1.165, 1.54) is 34.0 Å². The molecular weight excluding hydrogens is 813 g/mol. The first kappa shape index (κ1) is 36.8. The van der Waals surface area contributed by atoms with Gasteiger partial charge in [-0.3, -0.25) is 20.6 Å². The molecule has 0 aliphatic carbocycles. The van der Waals surface area contributed by atoms with Crippen LogP contribution in [0.2, 0.25) is 0 Å². The lowest BCUT2D eigenvalue weighted by Crippen LogP contribution is -2.19. The second kappa shape index (κ2) is 15.4. The molecule has 6 aromatic carbocycles. The molecule has 0 fully saturated rings. The van der Waals surface area contributed by atoms with E-state index in [9.17, 15) is 9.59 Å². The van der Waals surface area contributed by atoms with E-state index in [4.69, 9.17) is 9.72 Å². The van der Waals surface area contributed by atoms with Gasteiger partial charge < -0.3 is 4.74 Å². The van der Waals surface area contributed by atoms with Crippen molar-refractivity contribution in [3.63, 3.8) is 0 Å². The number of carbonyl (C=O) groups excluding carboxylic acids is 2. The molecule has 2 amide bonds. The van der Waals surface area contributed by atoms with Gasteiger partial charge >= 0.3 is 12.0 Å². The Kier molecular flexibility index (Phi) is 9.30. The van der Waals surface area contributed by atoms with Crippen molar-refractivity contribution in [2.75, 3.05) is 10.6 Å². The number of pyridine rings is 2. The number of fused-ring (bicyclic) bond motifs is 7. The fourth-order valence-electron chi connectivity index (χ4n) is 8.10. The largest absolute Gasteiger partial charge is 0.457 e. The number of aromatic nitrogens is 2. The maximum absolute atomic E-state index is 14.6. The average molecular weight is 845 g/mol. The Hall–Kier alpha value is -7.24. The number of thiophene rings is 3. The van der Waals surface area contributed by atoms with Crippen LogP contribution in [0.4, 0.5) is 14.8 Å². The maximum Gasteiger partial charge on any atom is 0.349 e. The highest BCUT2D eigenvalue weighted by Gasteiger charge is 2.29. The highest BCUT2D eigenvalue weighted by molar-refractivity contribution is 7.25. The van der Waals surface area contributed by atoms with Gasteiger partial charge in [-0.15, -0.1) is 34.0 Å². The molecule has 5 aromatic heterocycles. The number of carbonyl (C=O) groups is 2. The van der Waals surface area contributed by atoms with Crippen LogP contribution in [0.3, 0.4) is 0 Å². The molecule has 0 spiro atoms. The minimum Gasteiger partial charge on any atom is -0.457 e. The van der Waals surface area contributed by atoms with Gasteiger partial charge in [0, 0.05) is 64.9 Å². The molecule has 0 aliphatic rings. The first-order valence-electron chi connectivity index (χ1n) is 19.6. The topological polar surface area (TPSA) is 93.2 Å². The van der Waals surface area contributed by atoms with E-state index in [-0.39, 0.29) is 6.61 Å². The minimum atomic E-state index is -0.420. The third-order valence-electron chi connectivity index (χ3n) is 10.8. The molecule has 0 saturated heterocycles. The van der Waals surface area contributed by atoms with Crippen LogP contribution in [0.25, 0.3) is 85.4 Å². The van der Waals surface area contributed by atoms with E-state index >= 15 is 0 Å². The Bertz CT molecular complexity index is 3470. The molecule has 0 saturated carbocycles. The zero-order valence-corrected chi connectivity index (χ0v) is 34.7. The van der Waals surface area contributed by atoms with Crippen molar-refractivity contribution >= 4 is 108 Å². The molecule has 61 heavy (non-hydrogen) atoms. The summed E-state index contributed by atoms with van der Waals surface area (Å²) in [6.07, 6.45) is 3.59. The van der Waals surface area contributed by atoms with E-state index in [0.717, 1.165) is 91.0 Å². The summed E-state index contributed by atoms with van der Waals surface area (Å²) in [5.41, 5.74) is 5.73. The van der Waals surface area contributed by atoms with Crippen LogP contribution in [0, 0.1) is 0 Å². The van der Waals surface area contributed by atoms with Gasteiger partial charge in [0.1, 0.15) is 21.5 Å². The lowest BCUT2D eigenvalue weighted by atomic mass is 9.94. The van der Waals surface area contributed by atoms with E-state index in [1.807, 2.05) is 103 Å². The van der Waals surface area contributed by atoms with Crippen molar-refractivity contribution in [1.29, 1.82) is 0 Å². The summed E-state index contributed by atoms with van der Waals surface area (Å²) in [5, 5.41) is 14.9. The molecule has 292 valence electrons. The van der Waals surface area contributed by atoms with E-state index < -0.39 is 12.0 Å². The lowest BCUT2D eigenvalue weighted by Gasteiger charge is -2.13. The summed E-state index contributed by atoms with van der Waals surface area (Å²) in [5.74, 6) is -0.420. The second-order valence-corrected chi connectivity index (χ2v) is 17.7. The van der Waals surface area contributed by atoms with E-state index in [2.05, 4.69) is 76.3 Å². The van der Waals surface area contributed by atoms with E-state index in [0.29, 0.717) is 14.9 Å². The van der Waals surface area contributed by atoms with Crippen molar-refractivity contribution in [2.24, 2.45) is 0 Å². The quantitative estimate of drug-likeness (QED) is 0.149. The number of urea groups is 1. The number of rotatable bonds is 8. The SMILES string of the molecule is O=C(Nc1sc2ccccc2c1-c1ccc(-c2ccccn2)nc1)Nc1sc2ccc3ccccc3c2c1-c1c(C(=O)OCc2ccccc2)sc2ccc3ccccc3c12. The van der Waals surface area contributed by atoms with Gasteiger partial charge in [0.15, 0.2) is 0 Å². The molecule has 11 aromatic rings. The molecule has 0 atom stereocenters. The smallest absolute Gasteiger partial charge is 0.349 e. The van der Waals surface area contributed by atoms with Crippen LogP contribution < -0.4 is 10.6 Å². The Morgan fingerprint density at radius 3 is 1.82 bits per heavy atom. The summed E-state index contributed by atoms with van der Waals surface area (Å²) in [7, 11) is 0. The summed E-state index contributed by atoms with van der Waals surface area (Å²) in [6.45, 7) is 0.133. The molecule has 11 rings (SSSR count). The van der Waals surface area contributed by atoms with Gasteiger partial charge in [-0.25, -0.2) is 9.59 Å². The van der Waals surface area contributed by atoms with Crippen molar-refractivity contribution in [3.05, 3.63) is 181 Å². The number of benzene rings is 6. The Balaban J connectivity index is 1.06. The average Bonchev–Trinajstić information content (AvgIpc) is 4.00. The summed E-state index contributed by atoms with van der Waals surface area (Å²) < 4.78 is 9.04. The predicted octanol–water partition coefficient (Wildman–Crippen LogP) is 14.4. The normalized spacial score (nSPS) is 11.5. The highest BCUT2D eigenvalue weighted by Crippen LogP contribution is 2.52. The van der Waals surface area contributed by atoms with Crippen molar-refractivity contribution < 1.29 is 14.3 Å². The number of nitrogens with zero attached hydrogens (tertiary/aromatic N) is 2. The van der Waals surface area contributed by atoms with Crippen molar-refractivity contribution in [1.82, 2.24) is 9.97 Å². The Morgan fingerprint density at radius 1 is 0.508 bits per heavy atom. The Labute approximate surface area is 361 Å². The Morgan fingerprint density at radius 2 is 1.11 bits per heavy atom. The van der Waals surface area contributed by atoms with E-state index in [1.54, 1.807) is 6.20 Å². The monoisotopic (exact) mass is 844 g/mol. The van der Waals surface area contributed by atoms with Crippen LogP contribution in [0.5, 0.6) is 0 Å². The first-order valence-corrected chi connectivity index (χ1v) is 22.1. The van der Waals surface area contributed by atoms with Crippen molar-refractivity contribution in [2.45, 2.75) is 6.61 Å². The molecular formula is C51H32N4O3S3. The molecule has 2 N–H and O–H groups in total. The predicted molar refractivity (Wildman–Crippen MR) is 254 cm³/mol. The first-order chi connectivity index (χ1) is 30.1. The van der Waals surface area contributed by atoms with Gasteiger partial charge in [0.25, 0.3) is 0 Å². The summed E-state index contributed by atoms with van der Waals surface area (Å²) >= 11 is 4.43. The number of hydrogen-bond acceptors (Lipinski definition) is 8. The minimum absolute atomic E-state index is 0.133. The van der Waals surface area contributed by atoms with Crippen LogP contribution in [0.1, 0.15) is 15.2 Å². The number of hydrogen-bond donors (Lipinski definition) is 2. The summed E-state index contributed by atoms with van der Waals surface area (Å²) in [6, 6.07) is 52.0. The zero-order valence-electron chi connectivity index (χ0n) is 32.2. The number of anilines is 2. The van der Waals surface area contributed by atoms with Gasteiger partial charge in [-0.1, -0.05) is 121 Å². The molecule has 10 heteroatoms.